The van der Waals surface area contributed by atoms with E-state index in [1.54, 1.807) is 11.3 Å². The lowest BCUT2D eigenvalue weighted by atomic mass is 9.90. The molecule has 0 fully saturated rings. The van der Waals surface area contributed by atoms with Gasteiger partial charge in [-0.3, -0.25) is 4.79 Å². The third-order valence-corrected chi connectivity index (χ3v) is 5.74. The first kappa shape index (κ1) is 17.2. The Bertz CT molecular complexity index is 630. The molecule has 0 aliphatic rings. The van der Waals surface area contributed by atoms with Gasteiger partial charge in [-0.15, -0.1) is 11.3 Å². The summed E-state index contributed by atoms with van der Waals surface area (Å²) < 4.78 is 1.05. The Kier molecular flexibility index (Phi) is 5.09. The zero-order valence-corrected chi connectivity index (χ0v) is 15.4. The lowest BCUT2D eigenvalue weighted by Crippen LogP contribution is -2.52. The topological polar surface area (TPSA) is 71.2 Å². The molecule has 0 aromatic carbocycles. The number of anilines is 1. The minimum Gasteiger partial charge on any atom is -0.354 e. The van der Waals surface area contributed by atoms with Gasteiger partial charge in [0.2, 0.25) is 0 Å². The molecule has 0 radical (unpaired) electrons. The summed E-state index contributed by atoms with van der Waals surface area (Å²) in [6.45, 7) is 6.70. The SMILES string of the molecule is CC(C)CC(C)(CN)NC(=O)c1cc2sc(N(C)C)nc2s1. The number of hydrogen-bond donors (Lipinski definition) is 2. The number of rotatable bonds is 6. The van der Waals surface area contributed by atoms with Gasteiger partial charge in [0.1, 0.15) is 4.83 Å². The molecule has 0 aliphatic carbocycles. The van der Waals surface area contributed by atoms with Crippen LogP contribution in [-0.4, -0.2) is 37.1 Å². The number of amides is 1. The van der Waals surface area contributed by atoms with E-state index in [2.05, 4.69) is 24.1 Å². The summed E-state index contributed by atoms with van der Waals surface area (Å²) in [5.74, 6) is 0.417. The lowest BCUT2D eigenvalue weighted by molar-refractivity contribution is 0.0902. The predicted molar refractivity (Wildman–Crippen MR) is 96.2 cm³/mol. The number of aromatic nitrogens is 1. The number of nitrogens with zero attached hydrogens (tertiary/aromatic N) is 2. The molecule has 22 heavy (non-hydrogen) atoms. The first-order valence-electron chi connectivity index (χ1n) is 7.34. The Morgan fingerprint density at radius 3 is 2.64 bits per heavy atom. The number of carbonyl (C=O) groups excluding carboxylic acids is 1. The van der Waals surface area contributed by atoms with Crippen molar-refractivity contribution in [1.29, 1.82) is 0 Å². The number of thiophene rings is 1. The molecule has 0 aliphatic heterocycles. The molecule has 0 spiro atoms. The Labute approximate surface area is 139 Å². The number of thiazole rings is 1. The number of carbonyl (C=O) groups is 1. The fourth-order valence-corrected chi connectivity index (χ4v) is 4.48. The quantitative estimate of drug-likeness (QED) is 0.848. The summed E-state index contributed by atoms with van der Waals surface area (Å²) in [5, 5.41) is 4.05. The Morgan fingerprint density at radius 1 is 1.45 bits per heavy atom. The highest BCUT2D eigenvalue weighted by Gasteiger charge is 2.27. The second kappa shape index (κ2) is 6.52. The van der Waals surface area contributed by atoms with Crippen LogP contribution in [0.2, 0.25) is 0 Å². The number of nitrogens with one attached hydrogen (secondary N) is 1. The summed E-state index contributed by atoms with van der Waals surface area (Å²) in [4.78, 5) is 20.6. The van der Waals surface area contributed by atoms with Crippen LogP contribution in [0.4, 0.5) is 5.13 Å². The minimum atomic E-state index is -0.370. The fourth-order valence-electron chi connectivity index (χ4n) is 2.45. The van der Waals surface area contributed by atoms with E-state index >= 15 is 0 Å². The zero-order valence-electron chi connectivity index (χ0n) is 13.8. The van der Waals surface area contributed by atoms with Crippen LogP contribution in [0.1, 0.15) is 36.9 Å². The summed E-state index contributed by atoms with van der Waals surface area (Å²) in [5.41, 5.74) is 5.49. The van der Waals surface area contributed by atoms with Crippen molar-refractivity contribution in [1.82, 2.24) is 10.3 Å². The molecular formula is C15H24N4OS2. The van der Waals surface area contributed by atoms with Gasteiger partial charge in [0.25, 0.3) is 5.91 Å². The molecule has 0 bridgehead atoms. The van der Waals surface area contributed by atoms with Gasteiger partial charge in [0, 0.05) is 20.6 Å². The van der Waals surface area contributed by atoms with Gasteiger partial charge >= 0.3 is 0 Å². The minimum absolute atomic E-state index is 0.0600. The van der Waals surface area contributed by atoms with Crippen LogP contribution in [0.15, 0.2) is 6.07 Å². The Balaban J connectivity index is 2.17. The van der Waals surface area contributed by atoms with Crippen molar-refractivity contribution in [3.8, 4) is 0 Å². The summed E-state index contributed by atoms with van der Waals surface area (Å²) in [7, 11) is 3.93. The Morgan fingerprint density at radius 2 is 2.14 bits per heavy atom. The van der Waals surface area contributed by atoms with E-state index < -0.39 is 0 Å². The van der Waals surface area contributed by atoms with Gasteiger partial charge < -0.3 is 16.0 Å². The van der Waals surface area contributed by atoms with Gasteiger partial charge in [-0.1, -0.05) is 25.2 Å². The molecule has 1 atom stereocenters. The molecule has 3 N–H and O–H groups in total. The molecule has 1 unspecified atom stereocenters. The second-order valence-electron chi connectivity index (χ2n) is 6.49. The first-order valence-corrected chi connectivity index (χ1v) is 8.97. The average Bonchev–Trinajstić information content (AvgIpc) is 2.95. The van der Waals surface area contributed by atoms with Crippen LogP contribution in [-0.2, 0) is 0 Å². The van der Waals surface area contributed by atoms with E-state index in [4.69, 9.17) is 5.73 Å². The predicted octanol–water partition coefficient (Wildman–Crippen LogP) is 2.92. The largest absolute Gasteiger partial charge is 0.354 e. The highest BCUT2D eigenvalue weighted by Crippen LogP contribution is 2.34. The monoisotopic (exact) mass is 340 g/mol. The van der Waals surface area contributed by atoms with Crippen molar-refractivity contribution in [2.24, 2.45) is 11.7 Å². The number of hydrogen-bond acceptors (Lipinski definition) is 6. The van der Waals surface area contributed by atoms with Crippen LogP contribution >= 0.6 is 22.7 Å². The first-order chi connectivity index (χ1) is 10.2. The number of fused-ring (bicyclic) bond motifs is 1. The standard InChI is InChI=1S/C15H24N4OS2/c1-9(2)7-15(3,8-16)18-12(20)10-6-11-13(21-10)17-14(22-11)19(4)5/h6,9H,7-8,16H2,1-5H3,(H,18,20). The van der Waals surface area contributed by atoms with E-state index in [1.165, 1.54) is 11.3 Å². The van der Waals surface area contributed by atoms with Crippen molar-refractivity contribution in [2.75, 3.05) is 25.5 Å². The lowest BCUT2D eigenvalue weighted by Gasteiger charge is -2.31. The summed E-state index contributed by atoms with van der Waals surface area (Å²) in [6, 6.07) is 1.92. The van der Waals surface area contributed by atoms with Crippen molar-refractivity contribution >= 4 is 43.2 Å². The fraction of sp³-hybridized carbons (Fsp3) is 0.600. The molecule has 0 saturated carbocycles. The van der Waals surface area contributed by atoms with Crippen molar-refractivity contribution in [3.63, 3.8) is 0 Å². The number of nitrogens with two attached hydrogens (primary N) is 1. The van der Waals surface area contributed by atoms with Crippen molar-refractivity contribution < 1.29 is 4.79 Å². The van der Waals surface area contributed by atoms with E-state index in [1.807, 2.05) is 32.0 Å². The normalized spacial score (nSPS) is 14.3. The average molecular weight is 341 g/mol. The molecule has 2 heterocycles. The molecule has 5 nitrogen and oxygen atoms in total. The molecular weight excluding hydrogens is 316 g/mol. The molecule has 2 rings (SSSR count). The van der Waals surface area contributed by atoms with Crippen LogP contribution < -0.4 is 16.0 Å². The van der Waals surface area contributed by atoms with E-state index in [0.717, 1.165) is 21.1 Å². The molecule has 2 aromatic rings. The third-order valence-electron chi connectivity index (χ3n) is 3.41. The highest BCUT2D eigenvalue weighted by atomic mass is 32.1. The zero-order chi connectivity index (χ0) is 16.5. The molecule has 0 saturated heterocycles. The highest BCUT2D eigenvalue weighted by molar-refractivity contribution is 7.29. The Hall–Kier alpha value is -1.18. The van der Waals surface area contributed by atoms with E-state index in [0.29, 0.717) is 17.3 Å². The van der Waals surface area contributed by atoms with Gasteiger partial charge in [0.15, 0.2) is 5.13 Å². The maximum atomic E-state index is 12.5. The molecule has 1 amide bonds. The van der Waals surface area contributed by atoms with Crippen molar-refractivity contribution in [3.05, 3.63) is 10.9 Å². The van der Waals surface area contributed by atoms with E-state index in [9.17, 15) is 4.79 Å². The maximum Gasteiger partial charge on any atom is 0.261 e. The van der Waals surface area contributed by atoms with E-state index in [-0.39, 0.29) is 11.4 Å². The third kappa shape index (κ3) is 3.77. The molecule has 2 aromatic heterocycles. The van der Waals surface area contributed by atoms with Crippen LogP contribution in [0.25, 0.3) is 9.53 Å². The van der Waals surface area contributed by atoms with Crippen LogP contribution in [0.3, 0.4) is 0 Å². The smallest absolute Gasteiger partial charge is 0.261 e. The van der Waals surface area contributed by atoms with Crippen LogP contribution in [0, 0.1) is 5.92 Å². The van der Waals surface area contributed by atoms with Gasteiger partial charge in [-0.05, 0) is 25.3 Å². The van der Waals surface area contributed by atoms with Crippen molar-refractivity contribution in [2.45, 2.75) is 32.7 Å². The van der Waals surface area contributed by atoms with Gasteiger partial charge in [0.05, 0.1) is 15.1 Å². The van der Waals surface area contributed by atoms with Crippen LogP contribution in [0.5, 0.6) is 0 Å². The summed E-state index contributed by atoms with van der Waals surface area (Å²) in [6.07, 6.45) is 0.859. The molecule has 7 heteroatoms. The summed E-state index contributed by atoms with van der Waals surface area (Å²) >= 11 is 3.03. The van der Waals surface area contributed by atoms with Gasteiger partial charge in [-0.25, -0.2) is 4.98 Å². The second-order valence-corrected chi connectivity index (χ2v) is 8.53. The molecule has 122 valence electrons. The van der Waals surface area contributed by atoms with Gasteiger partial charge in [-0.2, -0.15) is 0 Å². The maximum absolute atomic E-state index is 12.5.